The summed E-state index contributed by atoms with van der Waals surface area (Å²) in [5, 5.41) is 4.29. The molecule has 1 heterocycles. The first-order chi connectivity index (χ1) is 16.2. The van der Waals surface area contributed by atoms with E-state index in [9.17, 15) is 14.4 Å². The second kappa shape index (κ2) is 11.0. The molecule has 0 aliphatic heterocycles. The number of hydrogen-bond acceptors (Lipinski definition) is 6. The van der Waals surface area contributed by atoms with Gasteiger partial charge in [0.2, 0.25) is 11.7 Å². The molecule has 0 spiro atoms. The molecule has 0 fully saturated rings. The molecule has 2 amide bonds. The summed E-state index contributed by atoms with van der Waals surface area (Å²) in [5.41, 5.74) is 1.19. The van der Waals surface area contributed by atoms with E-state index in [1.807, 2.05) is 18.2 Å². The summed E-state index contributed by atoms with van der Waals surface area (Å²) >= 11 is 1.27. The molecule has 0 unspecified atom stereocenters. The summed E-state index contributed by atoms with van der Waals surface area (Å²) in [5.74, 6) is 0.157. The van der Waals surface area contributed by atoms with Gasteiger partial charge in [0.15, 0.2) is 0 Å². The molecule has 0 radical (unpaired) electrons. The molecule has 8 heteroatoms. The lowest BCUT2D eigenvalue weighted by Crippen LogP contribution is -2.42. The van der Waals surface area contributed by atoms with E-state index in [1.165, 1.54) is 16.2 Å². The maximum atomic E-state index is 13.3. The number of thiophene rings is 1. The van der Waals surface area contributed by atoms with Crippen LogP contribution in [0.2, 0.25) is 0 Å². The minimum atomic E-state index is -0.684. The maximum Gasteiger partial charge on any atom is 0.408 e. The summed E-state index contributed by atoms with van der Waals surface area (Å²) < 4.78 is 10.4. The van der Waals surface area contributed by atoms with E-state index < -0.39 is 11.7 Å². The zero-order valence-corrected chi connectivity index (χ0v) is 20.5. The second-order valence-corrected chi connectivity index (χ2v) is 9.43. The number of carbonyl (C=O) groups excluding carboxylic acids is 3. The van der Waals surface area contributed by atoms with Gasteiger partial charge >= 0.3 is 6.09 Å². The third-order valence-corrected chi connectivity index (χ3v) is 5.66. The lowest BCUT2D eigenvalue weighted by molar-refractivity contribution is -0.118. The Hall–Kier alpha value is -3.65. The lowest BCUT2D eigenvalue weighted by atomic mass is 10.1. The van der Waals surface area contributed by atoms with Crippen molar-refractivity contribution in [3.63, 3.8) is 0 Å². The number of hydrogen-bond donors (Lipinski definition) is 1. The van der Waals surface area contributed by atoms with Gasteiger partial charge in [0.25, 0.3) is 0 Å². The van der Waals surface area contributed by atoms with Gasteiger partial charge in [0.1, 0.15) is 17.9 Å². The Labute approximate surface area is 203 Å². The summed E-state index contributed by atoms with van der Waals surface area (Å²) in [6.45, 7) is 5.18. The second-order valence-electron chi connectivity index (χ2n) is 8.51. The fourth-order valence-electron chi connectivity index (χ4n) is 3.18. The van der Waals surface area contributed by atoms with E-state index in [1.54, 1.807) is 75.7 Å². The SMILES string of the molecule is COc1ccc(CN(C(=O)CNC(=O)OC(C)(C)C)c2ccsc2C(=O)c2ccccc2)cc1. The van der Waals surface area contributed by atoms with Gasteiger partial charge in [0.05, 0.1) is 24.2 Å². The first-order valence-electron chi connectivity index (χ1n) is 10.8. The Morgan fingerprint density at radius 1 is 0.971 bits per heavy atom. The van der Waals surface area contributed by atoms with Gasteiger partial charge in [-0.3, -0.25) is 9.59 Å². The van der Waals surface area contributed by atoms with E-state index in [0.717, 1.165) is 5.56 Å². The Kier molecular flexibility index (Phi) is 8.07. The molecule has 34 heavy (non-hydrogen) atoms. The average Bonchev–Trinajstić information content (AvgIpc) is 3.30. The molecule has 1 N–H and O–H groups in total. The van der Waals surface area contributed by atoms with Crippen LogP contribution in [0.15, 0.2) is 66.0 Å². The molecule has 3 aromatic rings. The number of carbonyl (C=O) groups is 3. The van der Waals surface area contributed by atoms with Crippen molar-refractivity contribution in [1.29, 1.82) is 0 Å². The Balaban J connectivity index is 1.88. The van der Waals surface area contributed by atoms with Crippen LogP contribution in [0.5, 0.6) is 5.75 Å². The first kappa shape index (κ1) is 25.0. The van der Waals surface area contributed by atoms with Gasteiger partial charge in [0, 0.05) is 5.56 Å². The minimum absolute atomic E-state index is 0.168. The van der Waals surface area contributed by atoms with Gasteiger partial charge in [-0.1, -0.05) is 42.5 Å². The number of rotatable bonds is 8. The van der Waals surface area contributed by atoms with Crippen LogP contribution in [-0.4, -0.2) is 37.0 Å². The number of anilines is 1. The molecule has 3 rings (SSSR count). The number of methoxy groups -OCH3 is 1. The number of benzene rings is 2. The predicted octanol–water partition coefficient (Wildman–Crippen LogP) is 5.05. The van der Waals surface area contributed by atoms with E-state index in [2.05, 4.69) is 5.32 Å². The third kappa shape index (κ3) is 6.68. The smallest absolute Gasteiger partial charge is 0.408 e. The van der Waals surface area contributed by atoms with Crippen molar-refractivity contribution >= 4 is 34.8 Å². The molecule has 2 aromatic carbocycles. The van der Waals surface area contributed by atoms with Gasteiger partial charge < -0.3 is 19.7 Å². The van der Waals surface area contributed by atoms with Crippen LogP contribution in [0.3, 0.4) is 0 Å². The normalized spacial score (nSPS) is 10.9. The summed E-state index contributed by atoms with van der Waals surface area (Å²) in [4.78, 5) is 40.5. The molecule has 0 bridgehead atoms. The van der Waals surface area contributed by atoms with Crippen LogP contribution >= 0.6 is 11.3 Å². The summed E-state index contributed by atoms with van der Waals surface area (Å²) in [7, 11) is 1.58. The highest BCUT2D eigenvalue weighted by Gasteiger charge is 2.25. The third-order valence-electron chi connectivity index (χ3n) is 4.76. The van der Waals surface area contributed by atoms with Gasteiger partial charge in [-0.25, -0.2) is 4.79 Å². The summed E-state index contributed by atoms with van der Waals surface area (Å²) in [6, 6.07) is 18.0. The maximum absolute atomic E-state index is 13.3. The predicted molar refractivity (Wildman–Crippen MR) is 133 cm³/mol. The highest BCUT2D eigenvalue weighted by molar-refractivity contribution is 7.13. The van der Waals surface area contributed by atoms with Crippen molar-refractivity contribution in [3.8, 4) is 5.75 Å². The molecule has 1 aromatic heterocycles. The van der Waals surface area contributed by atoms with Gasteiger partial charge in [-0.2, -0.15) is 0 Å². The van der Waals surface area contributed by atoms with E-state index >= 15 is 0 Å². The summed E-state index contributed by atoms with van der Waals surface area (Å²) in [6.07, 6.45) is -0.684. The zero-order chi connectivity index (χ0) is 24.7. The highest BCUT2D eigenvalue weighted by atomic mass is 32.1. The molecule has 0 saturated carbocycles. The minimum Gasteiger partial charge on any atom is -0.497 e. The van der Waals surface area contributed by atoms with Crippen molar-refractivity contribution in [1.82, 2.24) is 5.32 Å². The van der Waals surface area contributed by atoms with Gasteiger partial charge in [-0.05, 0) is 49.9 Å². The molecule has 0 aliphatic carbocycles. The van der Waals surface area contributed by atoms with Crippen molar-refractivity contribution in [2.45, 2.75) is 32.9 Å². The van der Waals surface area contributed by atoms with Gasteiger partial charge in [-0.15, -0.1) is 11.3 Å². The zero-order valence-electron chi connectivity index (χ0n) is 19.7. The molecule has 0 saturated heterocycles. The monoisotopic (exact) mass is 480 g/mol. The van der Waals surface area contributed by atoms with E-state index in [-0.39, 0.29) is 24.8 Å². The Bertz CT molecular complexity index is 1130. The molecule has 178 valence electrons. The van der Waals surface area contributed by atoms with Crippen molar-refractivity contribution in [2.24, 2.45) is 0 Å². The van der Waals surface area contributed by atoms with Crippen LogP contribution in [0.4, 0.5) is 10.5 Å². The highest BCUT2D eigenvalue weighted by Crippen LogP contribution is 2.30. The van der Waals surface area contributed by atoms with Crippen LogP contribution in [0.1, 0.15) is 41.6 Å². The topological polar surface area (TPSA) is 84.9 Å². The van der Waals surface area contributed by atoms with Crippen LogP contribution < -0.4 is 15.0 Å². The van der Waals surface area contributed by atoms with Crippen LogP contribution in [0.25, 0.3) is 0 Å². The number of nitrogens with zero attached hydrogens (tertiary/aromatic N) is 1. The molecule has 0 aliphatic rings. The Morgan fingerprint density at radius 3 is 2.26 bits per heavy atom. The van der Waals surface area contributed by atoms with Crippen LogP contribution in [0, 0.1) is 0 Å². The lowest BCUT2D eigenvalue weighted by Gasteiger charge is -2.24. The molecule has 0 atom stereocenters. The van der Waals surface area contributed by atoms with Crippen LogP contribution in [-0.2, 0) is 16.1 Å². The Morgan fingerprint density at radius 2 is 1.65 bits per heavy atom. The number of nitrogens with one attached hydrogen (secondary N) is 1. The number of ether oxygens (including phenoxy) is 2. The van der Waals surface area contributed by atoms with Crippen molar-refractivity contribution < 1.29 is 23.9 Å². The fraction of sp³-hybridized carbons (Fsp3) is 0.269. The fourth-order valence-corrected chi connectivity index (χ4v) is 4.04. The van der Waals surface area contributed by atoms with Crippen molar-refractivity contribution in [3.05, 3.63) is 82.0 Å². The van der Waals surface area contributed by atoms with E-state index in [4.69, 9.17) is 9.47 Å². The van der Waals surface area contributed by atoms with E-state index in [0.29, 0.717) is 21.9 Å². The quantitative estimate of drug-likeness (QED) is 0.456. The molecular formula is C26H28N2O5S. The molecular weight excluding hydrogens is 452 g/mol. The number of amides is 2. The first-order valence-corrected chi connectivity index (χ1v) is 11.6. The van der Waals surface area contributed by atoms with Crippen molar-refractivity contribution in [2.75, 3.05) is 18.6 Å². The largest absolute Gasteiger partial charge is 0.497 e. The number of alkyl carbamates (subject to hydrolysis) is 1. The average molecular weight is 481 g/mol. The number of ketones is 1. The molecule has 7 nitrogen and oxygen atoms in total. The standard InChI is InChI=1S/C26H28N2O5S/c1-26(2,3)33-25(31)27-16-22(29)28(17-18-10-12-20(32-4)13-11-18)21-14-15-34-24(21)23(30)19-8-6-5-7-9-19/h5-15H,16-17H2,1-4H3,(H,27,31).